The van der Waals surface area contributed by atoms with E-state index in [0.29, 0.717) is 33.1 Å². The fourth-order valence-corrected chi connectivity index (χ4v) is 5.45. The molecule has 0 N–H and O–H groups in total. The first-order chi connectivity index (χ1) is 15.0. The second kappa shape index (κ2) is 9.86. The minimum atomic E-state index is 0.0475. The maximum absolute atomic E-state index is 12.7. The van der Waals surface area contributed by atoms with E-state index in [9.17, 15) is 4.79 Å². The summed E-state index contributed by atoms with van der Waals surface area (Å²) in [7, 11) is 0. The molecule has 7 heteroatoms. The average Bonchev–Trinajstić information content (AvgIpc) is 3.04. The molecule has 0 saturated heterocycles. The summed E-state index contributed by atoms with van der Waals surface area (Å²) in [6.45, 7) is 2.70. The summed E-state index contributed by atoms with van der Waals surface area (Å²) in [4.78, 5) is 14.4. The van der Waals surface area contributed by atoms with Gasteiger partial charge in [0.25, 0.3) is 0 Å². The van der Waals surface area contributed by atoms with Crippen molar-refractivity contribution in [1.82, 2.24) is 0 Å². The molecule has 0 fully saturated rings. The van der Waals surface area contributed by atoms with E-state index in [0.717, 1.165) is 25.2 Å². The van der Waals surface area contributed by atoms with Gasteiger partial charge in [0.15, 0.2) is 11.5 Å². The van der Waals surface area contributed by atoms with Crippen LogP contribution in [-0.2, 0) is 6.61 Å². The van der Waals surface area contributed by atoms with E-state index in [1.807, 2.05) is 55.5 Å². The summed E-state index contributed by atoms with van der Waals surface area (Å²) in [5.74, 6) is 1.31. The molecule has 3 aromatic rings. The Kier molecular flexibility index (Phi) is 7.16. The van der Waals surface area contributed by atoms with Crippen molar-refractivity contribution in [2.45, 2.75) is 18.4 Å². The number of rotatable bonds is 6. The van der Waals surface area contributed by atoms with Crippen molar-refractivity contribution in [2.24, 2.45) is 0 Å². The lowest BCUT2D eigenvalue weighted by Gasteiger charge is -2.15. The van der Waals surface area contributed by atoms with E-state index >= 15 is 0 Å². The number of fused-ring (bicyclic) bond motifs is 1. The molecule has 1 aliphatic rings. The Morgan fingerprint density at radius 3 is 2.61 bits per heavy atom. The summed E-state index contributed by atoms with van der Waals surface area (Å²) in [5, 5.41) is 1.13. The fraction of sp³-hybridized carbons (Fsp3) is 0.125. The molecule has 158 valence electrons. The first-order valence-electron chi connectivity index (χ1n) is 9.52. The van der Waals surface area contributed by atoms with Gasteiger partial charge in [-0.1, -0.05) is 53.2 Å². The van der Waals surface area contributed by atoms with Gasteiger partial charge >= 0.3 is 0 Å². The van der Waals surface area contributed by atoms with E-state index < -0.39 is 0 Å². The maximum Gasteiger partial charge on any atom is 0.200 e. The largest absolute Gasteiger partial charge is 0.490 e. The molecule has 0 spiro atoms. The fourth-order valence-electron chi connectivity index (χ4n) is 3.15. The number of hydrogen-bond acceptors (Lipinski definition) is 4. The molecule has 0 amide bonds. The first kappa shape index (κ1) is 22.5. The van der Waals surface area contributed by atoms with Gasteiger partial charge in [0.2, 0.25) is 5.78 Å². The Balaban J connectivity index is 1.61. The van der Waals surface area contributed by atoms with Crippen LogP contribution in [-0.4, -0.2) is 12.4 Å². The SMILES string of the molecule is CCOc1cc(/C=C2\Sc3ccccc3C2=O)cc(I)c1OCc1ccc(Cl)cc1Cl. The van der Waals surface area contributed by atoms with Crippen molar-refractivity contribution in [2.75, 3.05) is 6.61 Å². The van der Waals surface area contributed by atoms with Crippen LogP contribution in [0.4, 0.5) is 0 Å². The van der Waals surface area contributed by atoms with Crippen LogP contribution < -0.4 is 9.47 Å². The molecule has 31 heavy (non-hydrogen) atoms. The third kappa shape index (κ3) is 5.06. The predicted octanol–water partition coefficient (Wildman–Crippen LogP) is 7.91. The zero-order valence-electron chi connectivity index (χ0n) is 16.5. The smallest absolute Gasteiger partial charge is 0.200 e. The normalized spacial score (nSPS) is 14.1. The number of ketones is 1. The van der Waals surface area contributed by atoms with Crippen LogP contribution in [0.3, 0.4) is 0 Å². The van der Waals surface area contributed by atoms with Crippen LogP contribution in [0.1, 0.15) is 28.4 Å². The molecule has 0 radical (unpaired) electrons. The van der Waals surface area contributed by atoms with Crippen LogP contribution >= 0.6 is 57.6 Å². The Bertz CT molecular complexity index is 1190. The summed E-state index contributed by atoms with van der Waals surface area (Å²) in [6.07, 6.45) is 1.90. The molecule has 1 heterocycles. The topological polar surface area (TPSA) is 35.5 Å². The number of carbonyl (C=O) groups excluding carboxylic acids is 1. The molecular weight excluding hydrogens is 566 g/mol. The average molecular weight is 583 g/mol. The van der Waals surface area contributed by atoms with Gasteiger partial charge in [-0.05, 0) is 77.6 Å². The first-order valence-corrected chi connectivity index (χ1v) is 12.2. The molecule has 3 nitrogen and oxygen atoms in total. The Hall–Kier alpha value is -1.67. The third-order valence-corrected chi connectivity index (χ3v) is 7.08. The number of carbonyl (C=O) groups is 1. The summed E-state index contributed by atoms with van der Waals surface area (Å²) < 4.78 is 12.8. The number of thioether (sulfide) groups is 1. The molecule has 0 atom stereocenters. The maximum atomic E-state index is 12.7. The molecule has 0 bridgehead atoms. The quantitative estimate of drug-likeness (QED) is 0.218. The van der Waals surface area contributed by atoms with Crippen molar-refractivity contribution in [3.8, 4) is 11.5 Å². The number of allylic oxidation sites excluding steroid dienone is 1. The molecular formula is C24H17Cl2IO3S. The summed E-state index contributed by atoms with van der Waals surface area (Å²) in [5.41, 5.74) is 2.47. The number of ether oxygens (including phenoxy) is 2. The number of benzene rings is 3. The minimum absolute atomic E-state index is 0.0475. The number of halogens is 3. The van der Waals surface area contributed by atoms with Gasteiger partial charge < -0.3 is 9.47 Å². The van der Waals surface area contributed by atoms with Crippen molar-refractivity contribution in [3.05, 3.63) is 89.8 Å². The highest BCUT2D eigenvalue weighted by Gasteiger charge is 2.25. The van der Waals surface area contributed by atoms with Crippen LogP contribution in [0.25, 0.3) is 6.08 Å². The second-order valence-electron chi connectivity index (χ2n) is 6.72. The highest BCUT2D eigenvalue weighted by atomic mass is 127. The summed E-state index contributed by atoms with van der Waals surface area (Å²) in [6, 6.07) is 16.8. The lowest BCUT2D eigenvalue weighted by molar-refractivity contribution is 0.104. The van der Waals surface area contributed by atoms with Gasteiger partial charge in [0, 0.05) is 26.1 Å². The van der Waals surface area contributed by atoms with Gasteiger partial charge in [-0.15, -0.1) is 0 Å². The molecule has 0 unspecified atom stereocenters. The van der Waals surface area contributed by atoms with Crippen LogP contribution in [0.5, 0.6) is 11.5 Å². The Morgan fingerprint density at radius 1 is 1.06 bits per heavy atom. The van der Waals surface area contributed by atoms with Crippen LogP contribution in [0.15, 0.2) is 64.4 Å². The van der Waals surface area contributed by atoms with Crippen LogP contribution in [0.2, 0.25) is 10.0 Å². The van der Waals surface area contributed by atoms with E-state index in [4.69, 9.17) is 32.7 Å². The van der Waals surface area contributed by atoms with Gasteiger partial charge in [-0.2, -0.15) is 0 Å². The standard InChI is InChI=1S/C24H17Cl2IO3S/c1-2-29-20-10-14(11-22-23(28)17-5-3-4-6-21(17)31-22)9-19(27)24(20)30-13-15-7-8-16(25)12-18(15)26/h3-12H,2,13H2,1H3/b22-11-. The van der Waals surface area contributed by atoms with E-state index in [1.54, 1.807) is 12.1 Å². The van der Waals surface area contributed by atoms with E-state index in [1.165, 1.54) is 11.8 Å². The van der Waals surface area contributed by atoms with E-state index in [2.05, 4.69) is 22.6 Å². The molecule has 1 aliphatic heterocycles. The lowest BCUT2D eigenvalue weighted by Crippen LogP contribution is -2.02. The third-order valence-electron chi connectivity index (χ3n) is 4.59. The van der Waals surface area contributed by atoms with Gasteiger partial charge in [0.1, 0.15) is 6.61 Å². The van der Waals surface area contributed by atoms with Crippen molar-refractivity contribution in [3.63, 3.8) is 0 Å². The molecule has 0 aromatic heterocycles. The van der Waals surface area contributed by atoms with Crippen molar-refractivity contribution < 1.29 is 14.3 Å². The zero-order valence-corrected chi connectivity index (χ0v) is 20.9. The highest BCUT2D eigenvalue weighted by Crippen LogP contribution is 2.42. The number of hydrogen-bond donors (Lipinski definition) is 0. The monoisotopic (exact) mass is 582 g/mol. The van der Waals surface area contributed by atoms with Crippen molar-refractivity contribution >= 4 is 69.4 Å². The Labute approximate surface area is 208 Å². The molecule has 0 aliphatic carbocycles. The Morgan fingerprint density at radius 2 is 1.87 bits per heavy atom. The summed E-state index contributed by atoms with van der Waals surface area (Å²) >= 11 is 16.0. The molecule has 4 rings (SSSR count). The molecule has 3 aromatic carbocycles. The van der Waals surface area contributed by atoms with Gasteiger partial charge in [-0.3, -0.25) is 4.79 Å². The zero-order chi connectivity index (χ0) is 22.0. The number of Topliss-reactive ketones (excluding diaryl/α,β-unsaturated/α-hetero) is 1. The van der Waals surface area contributed by atoms with Crippen molar-refractivity contribution in [1.29, 1.82) is 0 Å². The highest BCUT2D eigenvalue weighted by molar-refractivity contribution is 14.1. The van der Waals surface area contributed by atoms with Gasteiger partial charge in [-0.25, -0.2) is 0 Å². The lowest BCUT2D eigenvalue weighted by atomic mass is 10.1. The van der Waals surface area contributed by atoms with Crippen LogP contribution in [0, 0.1) is 3.57 Å². The van der Waals surface area contributed by atoms with Gasteiger partial charge in [0.05, 0.1) is 15.1 Å². The predicted molar refractivity (Wildman–Crippen MR) is 136 cm³/mol. The molecule has 0 saturated carbocycles. The minimum Gasteiger partial charge on any atom is -0.490 e. The van der Waals surface area contributed by atoms with E-state index in [-0.39, 0.29) is 12.4 Å². The second-order valence-corrected chi connectivity index (χ2v) is 9.81.